The van der Waals surface area contributed by atoms with E-state index in [0.717, 1.165) is 45.2 Å². The van der Waals surface area contributed by atoms with Crippen LogP contribution in [0.4, 0.5) is 0 Å². The van der Waals surface area contributed by atoms with E-state index in [4.69, 9.17) is 0 Å². The van der Waals surface area contributed by atoms with Gasteiger partial charge in [-0.25, -0.2) is 0 Å². The third-order valence-corrected chi connectivity index (χ3v) is 2.83. The summed E-state index contributed by atoms with van der Waals surface area (Å²) in [4.78, 5) is 13.7. The SMILES string of the molecule is CC/C=C\CC/C=C/CN(CCCC)C(=O)CC. The summed E-state index contributed by atoms with van der Waals surface area (Å²) in [6, 6.07) is 0. The van der Waals surface area contributed by atoms with E-state index in [1.165, 1.54) is 0 Å². The molecule has 0 aliphatic rings. The van der Waals surface area contributed by atoms with E-state index in [-0.39, 0.29) is 5.91 Å². The average molecular weight is 251 g/mol. The number of allylic oxidation sites excluding steroid dienone is 3. The molecule has 0 bridgehead atoms. The van der Waals surface area contributed by atoms with Crippen LogP contribution in [0.3, 0.4) is 0 Å². The van der Waals surface area contributed by atoms with Crippen LogP contribution >= 0.6 is 0 Å². The summed E-state index contributed by atoms with van der Waals surface area (Å²) in [5.41, 5.74) is 0. The van der Waals surface area contributed by atoms with Crippen LogP contribution in [0.25, 0.3) is 0 Å². The molecule has 0 fully saturated rings. The maximum Gasteiger partial charge on any atom is 0.222 e. The first-order chi connectivity index (χ1) is 8.76. The fourth-order valence-electron chi connectivity index (χ4n) is 1.69. The summed E-state index contributed by atoms with van der Waals surface area (Å²) >= 11 is 0. The molecule has 18 heavy (non-hydrogen) atoms. The molecule has 0 aliphatic heterocycles. The number of hydrogen-bond acceptors (Lipinski definition) is 1. The first-order valence-electron chi connectivity index (χ1n) is 7.33. The van der Waals surface area contributed by atoms with Gasteiger partial charge in [-0.15, -0.1) is 0 Å². The molecule has 0 saturated carbocycles. The minimum atomic E-state index is 0.263. The summed E-state index contributed by atoms with van der Waals surface area (Å²) in [6.45, 7) is 7.90. The predicted octanol–water partition coefficient (Wildman–Crippen LogP) is 4.33. The smallest absolute Gasteiger partial charge is 0.222 e. The fourth-order valence-corrected chi connectivity index (χ4v) is 1.69. The van der Waals surface area contributed by atoms with Gasteiger partial charge in [0.2, 0.25) is 5.91 Å². The zero-order chi connectivity index (χ0) is 13.6. The minimum absolute atomic E-state index is 0.263. The number of rotatable bonds is 10. The Kier molecular flexibility index (Phi) is 11.7. The van der Waals surface area contributed by atoms with Crippen LogP contribution in [0.15, 0.2) is 24.3 Å². The van der Waals surface area contributed by atoms with Crippen molar-refractivity contribution in [2.75, 3.05) is 13.1 Å². The number of unbranched alkanes of at least 4 members (excludes halogenated alkanes) is 2. The van der Waals surface area contributed by atoms with Gasteiger partial charge < -0.3 is 4.90 Å². The Balaban J connectivity index is 3.90. The minimum Gasteiger partial charge on any atom is -0.339 e. The zero-order valence-electron chi connectivity index (χ0n) is 12.3. The number of carbonyl (C=O) groups excluding carboxylic acids is 1. The van der Waals surface area contributed by atoms with Crippen molar-refractivity contribution in [1.82, 2.24) is 4.90 Å². The zero-order valence-corrected chi connectivity index (χ0v) is 12.3. The van der Waals surface area contributed by atoms with Crippen LogP contribution in [0.2, 0.25) is 0 Å². The summed E-state index contributed by atoms with van der Waals surface area (Å²) in [6.07, 6.45) is 14.8. The average Bonchev–Trinajstić information content (AvgIpc) is 2.40. The fraction of sp³-hybridized carbons (Fsp3) is 0.688. The van der Waals surface area contributed by atoms with Gasteiger partial charge >= 0.3 is 0 Å². The van der Waals surface area contributed by atoms with Gasteiger partial charge in [-0.1, -0.05) is 51.5 Å². The Bertz CT molecular complexity index is 256. The molecule has 0 saturated heterocycles. The highest BCUT2D eigenvalue weighted by Gasteiger charge is 2.07. The largest absolute Gasteiger partial charge is 0.339 e. The summed E-state index contributed by atoms with van der Waals surface area (Å²) in [5, 5.41) is 0. The molecule has 0 radical (unpaired) electrons. The highest BCUT2D eigenvalue weighted by Crippen LogP contribution is 2.00. The lowest BCUT2D eigenvalue weighted by Gasteiger charge is -2.20. The topological polar surface area (TPSA) is 20.3 Å². The van der Waals surface area contributed by atoms with Crippen LogP contribution in [0, 0.1) is 0 Å². The highest BCUT2D eigenvalue weighted by molar-refractivity contribution is 5.75. The van der Waals surface area contributed by atoms with Gasteiger partial charge in [-0.2, -0.15) is 0 Å². The van der Waals surface area contributed by atoms with Crippen molar-refractivity contribution in [3.63, 3.8) is 0 Å². The number of nitrogens with zero attached hydrogens (tertiary/aromatic N) is 1. The number of carbonyl (C=O) groups is 1. The van der Waals surface area contributed by atoms with Crippen LogP contribution in [0.1, 0.15) is 59.3 Å². The lowest BCUT2D eigenvalue weighted by atomic mass is 10.2. The summed E-state index contributed by atoms with van der Waals surface area (Å²) < 4.78 is 0. The molecule has 0 spiro atoms. The first-order valence-corrected chi connectivity index (χ1v) is 7.33. The van der Waals surface area contributed by atoms with Crippen molar-refractivity contribution < 1.29 is 4.79 Å². The van der Waals surface area contributed by atoms with E-state index < -0.39 is 0 Å². The van der Waals surface area contributed by atoms with Crippen molar-refractivity contribution in [3.05, 3.63) is 24.3 Å². The second kappa shape index (κ2) is 12.4. The maximum atomic E-state index is 11.7. The molecule has 0 heterocycles. The van der Waals surface area contributed by atoms with Crippen molar-refractivity contribution >= 4 is 5.91 Å². The molecule has 0 aromatic heterocycles. The second-order valence-electron chi connectivity index (χ2n) is 4.48. The number of amides is 1. The van der Waals surface area contributed by atoms with Crippen molar-refractivity contribution in [3.8, 4) is 0 Å². The predicted molar refractivity (Wildman–Crippen MR) is 79.6 cm³/mol. The van der Waals surface area contributed by atoms with Gasteiger partial charge in [0.15, 0.2) is 0 Å². The Labute approximate surface area is 113 Å². The molecule has 0 unspecified atom stereocenters. The molecule has 2 heteroatoms. The Morgan fingerprint density at radius 3 is 2.22 bits per heavy atom. The molecule has 2 nitrogen and oxygen atoms in total. The maximum absolute atomic E-state index is 11.7. The molecule has 1 amide bonds. The molecule has 104 valence electrons. The van der Waals surface area contributed by atoms with Crippen LogP contribution in [-0.4, -0.2) is 23.9 Å². The summed E-state index contributed by atoms with van der Waals surface area (Å²) in [5.74, 6) is 0.263. The second-order valence-corrected chi connectivity index (χ2v) is 4.48. The quantitative estimate of drug-likeness (QED) is 0.418. The van der Waals surface area contributed by atoms with Gasteiger partial charge in [0.25, 0.3) is 0 Å². The first kappa shape index (κ1) is 16.9. The van der Waals surface area contributed by atoms with E-state index in [0.29, 0.717) is 6.42 Å². The highest BCUT2D eigenvalue weighted by atomic mass is 16.2. The Morgan fingerprint density at radius 1 is 1.00 bits per heavy atom. The third kappa shape index (κ3) is 9.03. The molecular formula is C16H29NO. The Morgan fingerprint density at radius 2 is 1.67 bits per heavy atom. The van der Waals surface area contributed by atoms with Gasteiger partial charge in [0, 0.05) is 19.5 Å². The van der Waals surface area contributed by atoms with Crippen LogP contribution in [-0.2, 0) is 4.79 Å². The molecule has 0 atom stereocenters. The van der Waals surface area contributed by atoms with Crippen LogP contribution < -0.4 is 0 Å². The van der Waals surface area contributed by atoms with E-state index in [1.807, 2.05) is 11.8 Å². The van der Waals surface area contributed by atoms with E-state index in [9.17, 15) is 4.79 Å². The van der Waals surface area contributed by atoms with Gasteiger partial charge in [-0.3, -0.25) is 4.79 Å². The normalized spacial score (nSPS) is 11.5. The van der Waals surface area contributed by atoms with Gasteiger partial charge in [0.1, 0.15) is 0 Å². The van der Waals surface area contributed by atoms with Gasteiger partial charge in [0.05, 0.1) is 0 Å². The monoisotopic (exact) mass is 251 g/mol. The lowest BCUT2D eigenvalue weighted by Crippen LogP contribution is -2.31. The Hall–Kier alpha value is -1.05. The third-order valence-electron chi connectivity index (χ3n) is 2.83. The standard InChI is InChI=1S/C16H29NO/c1-4-7-9-10-11-12-13-15-17(14-8-5-2)16(18)6-3/h7,9,12-13H,4-6,8,10-11,14-15H2,1-3H3/b9-7-,13-12+. The van der Waals surface area contributed by atoms with E-state index >= 15 is 0 Å². The number of hydrogen-bond donors (Lipinski definition) is 0. The van der Waals surface area contributed by atoms with Gasteiger partial charge in [-0.05, 0) is 25.7 Å². The van der Waals surface area contributed by atoms with E-state index in [2.05, 4.69) is 38.2 Å². The van der Waals surface area contributed by atoms with Crippen molar-refractivity contribution in [2.45, 2.75) is 59.3 Å². The van der Waals surface area contributed by atoms with Crippen LogP contribution in [0.5, 0.6) is 0 Å². The molecule has 0 N–H and O–H groups in total. The molecule has 0 aromatic rings. The summed E-state index contributed by atoms with van der Waals surface area (Å²) in [7, 11) is 0. The lowest BCUT2D eigenvalue weighted by molar-refractivity contribution is -0.130. The molecule has 0 aromatic carbocycles. The molecular weight excluding hydrogens is 222 g/mol. The molecule has 0 rings (SSSR count). The van der Waals surface area contributed by atoms with E-state index in [1.54, 1.807) is 0 Å². The van der Waals surface area contributed by atoms with Crippen molar-refractivity contribution in [2.24, 2.45) is 0 Å². The van der Waals surface area contributed by atoms with Crippen molar-refractivity contribution in [1.29, 1.82) is 0 Å². The molecule has 0 aliphatic carbocycles.